The molecule has 3 rings (SSSR count). The van der Waals surface area contributed by atoms with Gasteiger partial charge in [0.15, 0.2) is 11.4 Å². The van der Waals surface area contributed by atoms with Crippen molar-refractivity contribution in [2.24, 2.45) is 0 Å². The number of rotatable bonds is 3. The maximum atomic E-state index is 6.21. The SMILES string of the molecule is Cc1c(Cl)cccc1-n1ccn(C[NH+]2CCOCC2)c1=S. The van der Waals surface area contributed by atoms with Crippen molar-refractivity contribution in [1.29, 1.82) is 0 Å². The first-order chi connectivity index (χ1) is 10.2. The van der Waals surface area contributed by atoms with Gasteiger partial charge >= 0.3 is 0 Å². The molecule has 0 radical (unpaired) electrons. The predicted octanol–water partition coefficient (Wildman–Crippen LogP) is 1.84. The molecule has 1 fully saturated rings. The van der Waals surface area contributed by atoms with Crippen molar-refractivity contribution >= 4 is 23.8 Å². The van der Waals surface area contributed by atoms with Gasteiger partial charge in [-0.25, -0.2) is 0 Å². The van der Waals surface area contributed by atoms with Crippen molar-refractivity contribution in [2.45, 2.75) is 13.6 Å². The van der Waals surface area contributed by atoms with E-state index in [2.05, 4.69) is 4.57 Å². The van der Waals surface area contributed by atoms with Gasteiger partial charge in [0, 0.05) is 17.4 Å². The minimum absolute atomic E-state index is 0.765. The zero-order valence-electron chi connectivity index (χ0n) is 12.0. The molecule has 6 heteroatoms. The lowest BCUT2D eigenvalue weighted by Gasteiger charge is -2.23. The lowest BCUT2D eigenvalue weighted by molar-refractivity contribution is -0.930. The van der Waals surface area contributed by atoms with E-state index in [4.69, 9.17) is 28.6 Å². The van der Waals surface area contributed by atoms with Gasteiger partial charge in [-0.2, -0.15) is 0 Å². The van der Waals surface area contributed by atoms with Gasteiger partial charge in [-0.3, -0.25) is 9.13 Å². The molecule has 1 aliphatic rings. The lowest BCUT2D eigenvalue weighted by atomic mass is 10.2. The van der Waals surface area contributed by atoms with Crippen LogP contribution in [0.2, 0.25) is 5.02 Å². The number of quaternary nitrogens is 1. The van der Waals surface area contributed by atoms with Crippen molar-refractivity contribution in [3.63, 3.8) is 0 Å². The molecule has 2 aromatic rings. The van der Waals surface area contributed by atoms with Crippen molar-refractivity contribution in [3.8, 4) is 5.69 Å². The first-order valence-corrected chi connectivity index (χ1v) is 7.90. The number of aromatic nitrogens is 2. The molecular weight excluding hydrogens is 306 g/mol. The molecular formula is C15H19ClN3OS+. The molecule has 21 heavy (non-hydrogen) atoms. The summed E-state index contributed by atoms with van der Waals surface area (Å²) < 4.78 is 10.3. The molecule has 1 aromatic carbocycles. The van der Waals surface area contributed by atoms with Gasteiger partial charge in [-0.15, -0.1) is 0 Å². The van der Waals surface area contributed by atoms with Crippen LogP contribution in [0.1, 0.15) is 5.56 Å². The fourth-order valence-electron chi connectivity index (χ4n) is 2.63. The van der Waals surface area contributed by atoms with E-state index in [1.807, 2.05) is 42.1 Å². The molecule has 0 amide bonds. The molecule has 0 aliphatic carbocycles. The van der Waals surface area contributed by atoms with E-state index < -0.39 is 0 Å². The lowest BCUT2D eigenvalue weighted by Crippen LogP contribution is -3.13. The highest BCUT2D eigenvalue weighted by molar-refractivity contribution is 7.71. The minimum Gasteiger partial charge on any atom is -0.370 e. The summed E-state index contributed by atoms with van der Waals surface area (Å²) in [7, 11) is 0. The minimum atomic E-state index is 0.765. The Bertz CT molecular complexity index is 688. The van der Waals surface area contributed by atoms with E-state index in [0.717, 1.165) is 54.0 Å². The monoisotopic (exact) mass is 324 g/mol. The molecule has 2 heterocycles. The Morgan fingerprint density at radius 2 is 2.05 bits per heavy atom. The van der Waals surface area contributed by atoms with Gasteiger partial charge < -0.3 is 9.64 Å². The summed E-state index contributed by atoms with van der Waals surface area (Å²) in [4.78, 5) is 1.50. The number of nitrogens with one attached hydrogen (secondary N) is 1. The fourth-order valence-corrected chi connectivity index (χ4v) is 3.09. The number of hydrogen-bond donors (Lipinski definition) is 1. The third kappa shape index (κ3) is 3.06. The Morgan fingerprint density at radius 1 is 1.29 bits per heavy atom. The summed E-state index contributed by atoms with van der Waals surface area (Å²) in [5.41, 5.74) is 2.09. The largest absolute Gasteiger partial charge is 0.370 e. The number of benzene rings is 1. The van der Waals surface area contributed by atoms with E-state index in [1.165, 1.54) is 4.90 Å². The normalized spacial score (nSPS) is 16.3. The van der Waals surface area contributed by atoms with Crippen LogP contribution in [-0.4, -0.2) is 35.4 Å². The molecule has 0 bridgehead atoms. The average Bonchev–Trinajstić information content (AvgIpc) is 2.84. The third-order valence-electron chi connectivity index (χ3n) is 3.94. The summed E-state index contributed by atoms with van der Waals surface area (Å²) in [6, 6.07) is 5.90. The van der Waals surface area contributed by atoms with Gasteiger partial charge in [0.05, 0.1) is 18.9 Å². The molecule has 1 aliphatic heterocycles. The van der Waals surface area contributed by atoms with Crippen molar-refractivity contribution in [2.75, 3.05) is 26.3 Å². The summed E-state index contributed by atoms with van der Waals surface area (Å²) in [6.45, 7) is 6.62. The van der Waals surface area contributed by atoms with Crippen LogP contribution in [0.15, 0.2) is 30.6 Å². The maximum Gasteiger partial charge on any atom is 0.188 e. The molecule has 0 atom stereocenters. The van der Waals surface area contributed by atoms with E-state index in [1.54, 1.807) is 0 Å². The number of morpholine rings is 1. The molecule has 0 unspecified atom stereocenters. The van der Waals surface area contributed by atoms with Crippen molar-refractivity contribution in [3.05, 3.63) is 45.9 Å². The second-order valence-corrected chi connectivity index (χ2v) is 6.10. The van der Waals surface area contributed by atoms with Gasteiger partial charge in [-0.1, -0.05) is 17.7 Å². The Morgan fingerprint density at radius 3 is 2.81 bits per heavy atom. The summed E-state index contributed by atoms with van der Waals surface area (Å²) >= 11 is 11.8. The molecule has 0 saturated carbocycles. The highest BCUT2D eigenvalue weighted by Gasteiger charge is 2.15. The fraction of sp³-hybridized carbons (Fsp3) is 0.400. The second-order valence-electron chi connectivity index (χ2n) is 5.32. The first kappa shape index (κ1) is 14.8. The van der Waals surface area contributed by atoms with E-state index in [-0.39, 0.29) is 0 Å². The number of ether oxygens (including phenoxy) is 1. The Labute approximate surface area is 134 Å². The van der Waals surface area contributed by atoms with Crippen LogP contribution in [0.25, 0.3) is 5.69 Å². The molecule has 1 N–H and O–H groups in total. The quantitative estimate of drug-likeness (QED) is 0.871. The molecule has 4 nitrogen and oxygen atoms in total. The summed E-state index contributed by atoms with van der Waals surface area (Å²) in [6.07, 6.45) is 4.06. The standard InChI is InChI=1S/C15H18ClN3OS/c1-12-13(16)3-2-4-14(12)19-6-5-18(15(19)21)11-17-7-9-20-10-8-17/h2-6H,7-11H2,1H3/p+1. The molecule has 0 spiro atoms. The van der Waals surface area contributed by atoms with Crippen molar-refractivity contribution < 1.29 is 9.64 Å². The number of hydrogen-bond acceptors (Lipinski definition) is 2. The average molecular weight is 325 g/mol. The highest BCUT2D eigenvalue weighted by Crippen LogP contribution is 2.22. The Balaban J connectivity index is 1.88. The smallest absolute Gasteiger partial charge is 0.188 e. The Kier molecular flexibility index (Phi) is 4.45. The molecule has 1 aromatic heterocycles. The van der Waals surface area contributed by atoms with Gasteiger partial charge in [0.25, 0.3) is 0 Å². The van der Waals surface area contributed by atoms with E-state index >= 15 is 0 Å². The van der Waals surface area contributed by atoms with E-state index in [0.29, 0.717) is 0 Å². The summed E-state index contributed by atoms with van der Waals surface area (Å²) in [5, 5.41) is 0.765. The highest BCUT2D eigenvalue weighted by atomic mass is 35.5. The number of nitrogens with zero attached hydrogens (tertiary/aromatic N) is 2. The number of imidazole rings is 1. The van der Waals surface area contributed by atoms with Crippen LogP contribution in [-0.2, 0) is 11.4 Å². The Hall–Kier alpha value is -1.14. The third-order valence-corrected chi connectivity index (χ3v) is 4.78. The first-order valence-electron chi connectivity index (χ1n) is 7.11. The van der Waals surface area contributed by atoms with Gasteiger partial charge in [0.1, 0.15) is 13.1 Å². The van der Waals surface area contributed by atoms with Crippen LogP contribution in [0, 0.1) is 11.7 Å². The van der Waals surface area contributed by atoms with Crippen LogP contribution in [0.5, 0.6) is 0 Å². The molecule has 112 valence electrons. The predicted molar refractivity (Wildman–Crippen MR) is 85.9 cm³/mol. The zero-order chi connectivity index (χ0) is 14.8. The van der Waals surface area contributed by atoms with Crippen molar-refractivity contribution in [1.82, 2.24) is 9.13 Å². The second kappa shape index (κ2) is 6.32. The van der Waals surface area contributed by atoms with Crippen LogP contribution in [0.4, 0.5) is 0 Å². The maximum absolute atomic E-state index is 6.21. The zero-order valence-corrected chi connectivity index (χ0v) is 13.6. The van der Waals surface area contributed by atoms with Crippen LogP contribution in [0.3, 0.4) is 0 Å². The van der Waals surface area contributed by atoms with E-state index in [9.17, 15) is 0 Å². The summed E-state index contributed by atoms with van der Waals surface area (Å²) in [5.74, 6) is 0. The van der Waals surface area contributed by atoms with Crippen LogP contribution >= 0.6 is 23.8 Å². The van der Waals surface area contributed by atoms with Gasteiger partial charge in [0.2, 0.25) is 0 Å². The van der Waals surface area contributed by atoms with Gasteiger partial charge in [-0.05, 0) is 36.8 Å². The topological polar surface area (TPSA) is 23.5 Å². The van der Waals surface area contributed by atoms with Crippen LogP contribution < -0.4 is 4.90 Å². The molecule has 1 saturated heterocycles. The number of halogens is 1.